The molecule has 1 fully saturated rings. The van der Waals surface area contributed by atoms with Crippen LogP contribution in [0.2, 0.25) is 0 Å². The third-order valence-electron chi connectivity index (χ3n) is 4.34. The van der Waals surface area contributed by atoms with E-state index in [9.17, 15) is 5.11 Å². The second-order valence-corrected chi connectivity index (χ2v) is 7.06. The van der Waals surface area contributed by atoms with Crippen LogP contribution in [-0.2, 0) is 6.42 Å². The first-order valence-corrected chi connectivity index (χ1v) is 9.74. The Labute approximate surface area is 153 Å². The van der Waals surface area contributed by atoms with Gasteiger partial charge in [-0.1, -0.05) is 18.2 Å². The lowest BCUT2D eigenvalue weighted by Crippen LogP contribution is -2.52. The number of nitrogens with zero attached hydrogens (tertiary/aromatic N) is 3. The number of hydrogen-bond donors (Lipinski definition) is 2. The van der Waals surface area contributed by atoms with E-state index in [4.69, 9.17) is 4.99 Å². The van der Waals surface area contributed by atoms with Crippen LogP contribution in [0.3, 0.4) is 0 Å². The molecule has 2 aromatic rings. The van der Waals surface area contributed by atoms with Gasteiger partial charge in [-0.05, 0) is 30.5 Å². The molecule has 0 bridgehead atoms. The minimum absolute atomic E-state index is 0.354. The molecule has 6 heteroatoms. The van der Waals surface area contributed by atoms with E-state index in [1.807, 2.05) is 18.2 Å². The van der Waals surface area contributed by atoms with Gasteiger partial charge in [0.05, 0.1) is 5.69 Å². The number of phenolic OH excluding ortho intramolecular Hbond substituents is 1. The highest BCUT2D eigenvalue weighted by molar-refractivity contribution is 7.09. The molecule has 0 aliphatic carbocycles. The molecule has 0 atom stereocenters. The molecule has 5 nitrogen and oxygen atoms in total. The number of anilines is 1. The standard InChI is InChI=1S/C19H26N4OS/c1-2-20-19(21-10-9-16-6-5-15-25-16)23-13-11-22(12-14-23)17-7-3-4-8-18(17)24/h3-8,15,24H,2,9-14H2,1H3,(H,20,21). The van der Waals surface area contributed by atoms with Crippen molar-refractivity contribution < 1.29 is 5.11 Å². The molecular formula is C19H26N4OS. The molecule has 0 amide bonds. The van der Waals surface area contributed by atoms with Crippen LogP contribution in [0.4, 0.5) is 5.69 Å². The van der Waals surface area contributed by atoms with Gasteiger partial charge in [0.2, 0.25) is 0 Å². The van der Waals surface area contributed by atoms with Crippen LogP contribution >= 0.6 is 11.3 Å². The molecule has 0 radical (unpaired) electrons. The van der Waals surface area contributed by atoms with Crippen LogP contribution in [0.1, 0.15) is 11.8 Å². The second-order valence-electron chi connectivity index (χ2n) is 6.03. The monoisotopic (exact) mass is 358 g/mol. The Bertz CT molecular complexity index is 678. The molecule has 1 aliphatic heterocycles. The van der Waals surface area contributed by atoms with Gasteiger partial charge >= 0.3 is 0 Å². The molecule has 25 heavy (non-hydrogen) atoms. The summed E-state index contributed by atoms with van der Waals surface area (Å²) in [4.78, 5) is 10.7. The Balaban J connectivity index is 1.57. The van der Waals surface area contributed by atoms with Gasteiger partial charge in [0, 0.05) is 50.6 Å². The summed E-state index contributed by atoms with van der Waals surface area (Å²) in [6.45, 7) is 7.35. The Hall–Kier alpha value is -2.21. The third kappa shape index (κ3) is 4.66. The lowest BCUT2D eigenvalue weighted by atomic mass is 10.2. The summed E-state index contributed by atoms with van der Waals surface area (Å²) in [5.74, 6) is 1.35. The Kier molecular flexibility index (Phi) is 6.17. The predicted octanol–water partition coefficient (Wildman–Crippen LogP) is 2.78. The highest BCUT2D eigenvalue weighted by Crippen LogP contribution is 2.27. The number of rotatable bonds is 5. The summed E-state index contributed by atoms with van der Waals surface area (Å²) in [7, 11) is 0. The quantitative estimate of drug-likeness (QED) is 0.637. The summed E-state index contributed by atoms with van der Waals surface area (Å²) in [6, 6.07) is 11.8. The molecule has 1 aliphatic rings. The van der Waals surface area contributed by atoms with E-state index in [2.05, 4.69) is 39.6 Å². The number of piperazine rings is 1. The lowest BCUT2D eigenvalue weighted by molar-refractivity contribution is 0.370. The minimum atomic E-state index is 0.354. The van der Waals surface area contributed by atoms with Crippen molar-refractivity contribution in [2.45, 2.75) is 13.3 Å². The van der Waals surface area contributed by atoms with Crippen molar-refractivity contribution in [2.24, 2.45) is 4.99 Å². The first kappa shape index (κ1) is 17.6. The van der Waals surface area contributed by atoms with Crippen molar-refractivity contribution in [3.05, 3.63) is 46.7 Å². The topological polar surface area (TPSA) is 51.1 Å². The maximum atomic E-state index is 10.0. The summed E-state index contributed by atoms with van der Waals surface area (Å²) < 4.78 is 0. The minimum Gasteiger partial charge on any atom is -0.506 e. The Morgan fingerprint density at radius 3 is 2.64 bits per heavy atom. The molecular weight excluding hydrogens is 332 g/mol. The average Bonchev–Trinajstić information content (AvgIpc) is 3.15. The van der Waals surface area contributed by atoms with Gasteiger partial charge in [0.25, 0.3) is 0 Å². The van der Waals surface area contributed by atoms with Gasteiger partial charge in [-0.25, -0.2) is 0 Å². The molecule has 1 aromatic carbocycles. The van der Waals surface area contributed by atoms with Gasteiger partial charge in [-0.2, -0.15) is 0 Å². The normalized spacial score (nSPS) is 15.5. The van der Waals surface area contributed by atoms with Gasteiger partial charge in [-0.15, -0.1) is 11.3 Å². The van der Waals surface area contributed by atoms with E-state index >= 15 is 0 Å². The maximum absolute atomic E-state index is 10.0. The van der Waals surface area contributed by atoms with Crippen LogP contribution in [-0.4, -0.2) is 55.2 Å². The van der Waals surface area contributed by atoms with Crippen LogP contribution in [0.25, 0.3) is 0 Å². The van der Waals surface area contributed by atoms with Crippen LogP contribution in [0.15, 0.2) is 46.8 Å². The zero-order chi connectivity index (χ0) is 17.5. The zero-order valence-corrected chi connectivity index (χ0v) is 15.5. The first-order chi connectivity index (χ1) is 12.3. The molecule has 2 heterocycles. The number of aliphatic imine (C=N–C) groups is 1. The smallest absolute Gasteiger partial charge is 0.194 e. The molecule has 3 rings (SSSR count). The summed E-state index contributed by atoms with van der Waals surface area (Å²) in [5.41, 5.74) is 0.918. The number of aromatic hydroxyl groups is 1. The molecule has 0 unspecified atom stereocenters. The molecule has 2 N–H and O–H groups in total. The Morgan fingerprint density at radius 2 is 1.96 bits per heavy atom. The molecule has 1 saturated heterocycles. The van der Waals surface area contributed by atoms with Crippen LogP contribution in [0, 0.1) is 0 Å². The Morgan fingerprint density at radius 1 is 1.16 bits per heavy atom. The van der Waals surface area contributed by atoms with E-state index in [0.717, 1.165) is 57.3 Å². The van der Waals surface area contributed by atoms with E-state index in [1.54, 1.807) is 17.4 Å². The van der Waals surface area contributed by atoms with Crippen molar-refractivity contribution >= 4 is 23.0 Å². The second kappa shape index (κ2) is 8.76. The predicted molar refractivity (Wildman–Crippen MR) is 106 cm³/mol. The van der Waals surface area contributed by atoms with E-state index in [-0.39, 0.29) is 0 Å². The zero-order valence-electron chi connectivity index (χ0n) is 14.7. The van der Waals surface area contributed by atoms with Crippen LogP contribution in [0.5, 0.6) is 5.75 Å². The van der Waals surface area contributed by atoms with Crippen molar-refractivity contribution in [2.75, 3.05) is 44.2 Å². The van der Waals surface area contributed by atoms with Gasteiger partial charge in [-0.3, -0.25) is 4.99 Å². The first-order valence-electron chi connectivity index (χ1n) is 8.86. The third-order valence-corrected chi connectivity index (χ3v) is 5.27. The SMILES string of the molecule is CCNC(=NCCc1cccs1)N1CCN(c2ccccc2O)CC1. The van der Waals surface area contributed by atoms with Crippen molar-refractivity contribution in [3.63, 3.8) is 0 Å². The van der Waals surface area contributed by atoms with Gasteiger partial charge in [0.1, 0.15) is 5.75 Å². The van der Waals surface area contributed by atoms with Crippen molar-refractivity contribution in [1.29, 1.82) is 0 Å². The van der Waals surface area contributed by atoms with Gasteiger partial charge in [0.15, 0.2) is 5.96 Å². The number of thiophene rings is 1. The van der Waals surface area contributed by atoms with Crippen molar-refractivity contribution in [1.82, 2.24) is 10.2 Å². The molecule has 0 saturated carbocycles. The summed E-state index contributed by atoms with van der Waals surface area (Å²) >= 11 is 1.79. The largest absolute Gasteiger partial charge is 0.506 e. The number of benzene rings is 1. The molecule has 1 aromatic heterocycles. The maximum Gasteiger partial charge on any atom is 0.194 e. The highest BCUT2D eigenvalue weighted by atomic mass is 32.1. The number of para-hydroxylation sites is 2. The highest BCUT2D eigenvalue weighted by Gasteiger charge is 2.21. The van der Waals surface area contributed by atoms with E-state index < -0.39 is 0 Å². The summed E-state index contributed by atoms with van der Waals surface area (Å²) in [5, 5.41) is 15.6. The number of phenols is 1. The van der Waals surface area contributed by atoms with E-state index in [1.165, 1.54) is 4.88 Å². The molecule has 134 valence electrons. The average molecular weight is 359 g/mol. The summed E-state index contributed by atoms with van der Waals surface area (Å²) in [6.07, 6.45) is 0.990. The fourth-order valence-corrected chi connectivity index (χ4v) is 3.74. The fraction of sp³-hybridized carbons (Fsp3) is 0.421. The molecule has 0 spiro atoms. The number of guanidine groups is 1. The van der Waals surface area contributed by atoms with E-state index in [0.29, 0.717) is 5.75 Å². The lowest BCUT2D eigenvalue weighted by Gasteiger charge is -2.37. The fourth-order valence-electron chi connectivity index (χ4n) is 3.04. The number of nitrogens with one attached hydrogen (secondary N) is 1. The van der Waals surface area contributed by atoms with Gasteiger partial charge < -0.3 is 20.2 Å². The van der Waals surface area contributed by atoms with Crippen molar-refractivity contribution in [3.8, 4) is 5.75 Å². The number of hydrogen-bond acceptors (Lipinski definition) is 4. The van der Waals surface area contributed by atoms with Crippen LogP contribution < -0.4 is 10.2 Å².